The van der Waals surface area contributed by atoms with E-state index in [1.165, 1.54) is 13.2 Å². The zero-order valence-electron chi connectivity index (χ0n) is 11.7. The van der Waals surface area contributed by atoms with Gasteiger partial charge in [-0.3, -0.25) is 10.3 Å². The summed E-state index contributed by atoms with van der Waals surface area (Å²) in [6, 6.07) is 4.87. The molecule has 0 bridgehead atoms. The number of nitrogens with zero attached hydrogens (tertiary/aromatic N) is 1. The average Bonchev–Trinajstić information content (AvgIpc) is 2.39. The fraction of sp³-hybridized carbons (Fsp3) is 0.500. The molecule has 1 aromatic rings. The van der Waals surface area contributed by atoms with E-state index in [1.807, 2.05) is 13.8 Å². The largest absolute Gasteiger partial charge is 0.497 e. The van der Waals surface area contributed by atoms with Gasteiger partial charge in [0.15, 0.2) is 0 Å². The lowest BCUT2D eigenvalue weighted by Gasteiger charge is -2.24. The van der Waals surface area contributed by atoms with Crippen LogP contribution in [0.3, 0.4) is 0 Å². The molecule has 0 heterocycles. The summed E-state index contributed by atoms with van der Waals surface area (Å²) >= 11 is 0. The predicted octanol–water partition coefficient (Wildman–Crippen LogP) is 2.23. The van der Waals surface area contributed by atoms with Gasteiger partial charge in [0, 0.05) is 30.6 Å². The van der Waals surface area contributed by atoms with Crippen molar-refractivity contribution < 1.29 is 9.13 Å². The van der Waals surface area contributed by atoms with Gasteiger partial charge in [0.25, 0.3) is 0 Å². The molecule has 3 N–H and O–H groups in total. The molecule has 0 aromatic heterocycles. The van der Waals surface area contributed by atoms with Gasteiger partial charge in [-0.25, -0.2) is 4.39 Å². The maximum atomic E-state index is 13.9. The summed E-state index contributed by atoms with van der Waals surface area (Å²) in [4.78, 5) is 2.07. The Hall–Kier alpha value is -1.62. The van der Waals surface area contributed by atoms with Crippen LogP contribution in [-0.4, -0.2) is 30.9 Å². The molecule has 0 aliphatic carbocycles. The third kappa shape index (κ3) is 4.52. The van der Waals surface area contributed by atoms with Crippen LogP contribution in [0.15, 0.2) is 18.2 Å². The number of amidine groups is 1. The minimum absolute atomic E-state index is 0.0266. The van der Waals surface area contributed by atoms with Gasteiger partial charge in [0.2, 0.25) is 0 Å². The molecule has 0 saturated carbocycles. The number of ether oxygens (including phenoxy) is 1. The van der Waals surface area contributed by atoms with E-state index in [9.17, 15) is 4.39 Å². The molecule has 0 aliphatic heterocycles. The molecule has 0 saturated heterocycles. The Balaban J connectivity index is 2.73. The first kappa shape index (κ1) is 15.4. The Morgan fingerprint density at radius 1 is 1.53 bits per heavy atom. The molecule has 106 valence electrons. The number of hydrogen-bond acceptors (Lipinski definition) is 3. The van der Waals surface area contributed by atoms with Crippen molar-refractivity contribution in [1.82, 2.24) is 4.90 Å². The van der Waals surface area contributed by atoms with E-state index in [4.69, 9.17) is 15.9 Å². The first-order valence-electron chi connectivity index (χ1n) is 6.36. The van der Waals surface area contributed by atoms with E-state index in [2.05, 4.69) is 4.90 Å². The van der Waals surface area contributed by atoms with E-state index in [-0.39, 0.29) is 17.6 Å². The molecule has 0 radical (unpaired) electrons. The summed E-state index contributed by atoms with van der Waals surface area (Å²) < 4.78 is 18.8. The average molecular weight is 267 g/mol. The molecule has 4 nitrogen and oxygen atoms in total. The Morgan fingerprint density at radius 3 is 2.68 bits per heavy atom. The molecular formula is C14H22FN3O. The zero-order valence-corrected chi connectivity index (χ0v) is 11.7. The number of nitrogens with one attached hydrogen (secondary N) is 1. The fourth-order valence-electron chi connectivity index (χ4n) is 1.82. The van der Waals surface area contributed by atoms with Crippen LogP contribution < -0.4 is 10.5 Å². The van der Waals surface area contributed by atoms with Gasteiger partial charge in [0.05, 0.1) is 12.9 Å². The summed E-state index contributed by atoms with van der Waals surface area (Å²) in [6.45, 7) is 5.84. The van der Waals surface area contributed by atoms with Crippen LogP contribution in [0.25, 0.3) is 0 Å². The normalized spacial score (nSPS) is 12.5. The Bertz CT molecular complexity index is 437. The van der Waals surface area contributed by atoms with Crippen molar-refractivity contribution >= 4 is 5.84 Å². The molecule has 5 heteroatoms. The Labute approximate surface area is 113 Å². The van der Waals surface area contributed by atoms with Crippen molar-refractivity contribution in [2.75, 3.05) is 20.2 Å². The number of halogens is 1. The van der Waals surface area contributed by atoms with Crippen molar-refractivity contribution in [1.29, 1.82) is 5.41 Å². The second-order valence-corrected chi connectivity index (χ2v) is 4.64. The monoisotopic (exact) mass is 267 g/mol. The zero-order chi connectivity index (χ0) is 14.4. The third-order valence-electron chi connectivity index (χ3n) is 3.16. The van der Waals surface area contributed by atoms with Gasteiger partial charge in [-0.15, -0.1) is 0 Å². The highest BCUT2D eigenvalue weighted by molar-refractivity contribution is 5.79. The smallest absolute Gasteiger partial charge is 0.131 e. The first-order chi connectivity index (χ1) is 8.97. The molecule has 0 aliphatic rings. The molecule has 0 fully saturated rings. The maximum Gasteiger partial charge on any atom is 0.131 e. The number of nitrogens with two attached hydrogens (primary N) is 1. The second kappa shape index (κ2) is 7.09. The van der Waals surface area contributed by atoms with Crippen LogP contribution in [0.4, 0.5) is 4.39 Å². The van der Waals surface area contributed by atoms with Gasteiger partial charge in [0.1, 0.15) is 11.6 Å². The SMILES string of the molecule is CCN(Cc1ccc(OC)cc1F)CC(C)C(=N)N. The quantitative estimate of drug-likeness (QED) is 0.588. The molecule has 1 aromatic carbocycles. The minimum Gasteiger partial charge on any atom is -0.497 e. The van der Waals surface area contributed by atoms with Crippen molar-refractivity contribution in [3.8, 4) is 5.75 Å². The fourth-order valence-corrected chi connectivity index (χ4v) is 1.82. The third-order valence-corrected chi connectivity index (χ3v) is 3.16. The van der Waals surface area contributed by atoms with E-state index in [0.29, 0.717) is 24.4 Å². The van der Waals surface area contributed by atoms with Crippen LogP contribution in [0, 0.1) is 17.1 Å². The van der Waals surface area contributed by atoms with Crippen LogP contribution in [-0.2, 0) is 6.54 Å². The molecule has 0 spiro atoms. The Kier molecular flexibility index (Phi) is 5.76. The molecule has 1 rings (SSSR count). The predicted molar refractivity (Wildman–Crippen MR) is 75.0 cm³/mol. The molecule has 19 heavy (non-hydrogen) atoms. The van der Waals surface area contributed by atoms with E-state index in [1.54, 1.807) is 12.1 Å². The van der Waals surface area contributed by atoms with Crippen LogP contribution >= 0.6 is 0 Å². The highest BCUT2D eigenvalue weighted by Crippen LogP contribution is 2.18. The summed E-state index contributed by atoms with van der Waals surface area (Å²) in [5.74, 6) is 0.379. The van der Waals surface area contributed by atoms with E-state index >= 15 is 0 Å². The summed E-state index contributed by atoms with van der Waals surface area (Å²) in [5.41, 5.74) is 6.09. The van der Waals surface area contributed by atoms with Crippen molar-refractivity contribution in [3.63, 3.8) is 0 Å². The van der Waals surface area contributed by atoms with Crippen LogP contribution in [0.5, 0.6) is 5.75 Å². The number of benzene rings is 1. The summed E-state index contributed by atoms with van der Waals surface area (Å²) in [6.07, 6.45) is 0. The Morgan fingerprint density at radius 2 is 2.21 bits per heavy atom. The van der Waals surface area contributed by atoms with Gasteiger partial charge < -0.3 is 10.5 Å². The van der Waals surface area contributed by atoms with Gasteiger partial charge in [-0.05, 0) is 12.6 Å². The lowest BCUT2D eigenvalue weighted by molar-refractivity contribution is 0.259. The van der Waals surface area contributed by atoms with Gasteiger partial charge in [-0.1, -0.05) is 19.9 Å². The minimum atomic E-state index is -0.270. The van der Waals surface area contributed by atoms with E-state index < -0.39 is 0 Å². The number of methoxy groups -OCH3 is 1. The van der Waals surface area contributed by atoms with Crippen molar-refractivity contribution in [3.05, 3.63) is 29.6 Å². The first-order valence-corrected chi connectivity index (χ1v) is 6.36. The van der Waals surface area contributed by atoms with Gasteiger partial charge in [-0.2, -0.15) is 0 Å². The highest BCUT2D eigenvalue weighted by Gasteiger charge is 2.13. The van der Waals surface area contributed by atoms with Crippen LogP contribution in [0.2, 0.25) is 0 Å². The van der Waals surface area contributed by atoms with Gasteiger partial charge >= 0.3 is 0 Å². The molecule has 1 atom stereocenters. The van der Waals surface area contributed by atoms with Crippen LogP contribution in [0.1, 0.15) is 19.4 Å². The molecule has 0 amide bonds. The summed E-state index contributed by atoms with van der Waals surface area (Å²) in [7, 11) is 1.52. The number of rotatable bonds is 7. The lowest BCUT2D eigenvalue weighted by atomic mass is 10.1. The van der Waals surface area contributed by atoms with E-state index in [0.717, 1.165) is 6.54 Å². The standard InChI is InChI=1S/C14H22FN3O/c1-4-18(8-10(2)14(16)17)9-11-5-6-12(19-3)7-13(11)15/h5-7,10H,4,8-9H2,1-3H3,(H3,16,17). The summed E-state index contributed by atoms with van der Waals surface area (Å²) in [5, 5.41) is 7.40. The number of hydrogen-bond donors (Lipinski definition) is 2. The van der Waals surface area contributed by atoms with Crippen molar-refractivity contribution in [2.45, 2.75) is 20.4 Å². The van der Waals surface area contributed by atoms with Crippen molar-refractivity contribution in [2.24, 2.45) is 11.7 Å². The maximum absolute atomic E-state index is 13.9. The lowest BCUT2D eigenvalue weighted by Crippen LogP contribution is -2.34. The highest BCUT2D eigenvalue weighted by atomic mass is 19.1. The second-order valence-electron chi connectivity index (χ2n) is 4.64. The topological polar surface area (TPSA) is 62.3 Å². The molecule has 1 unspecified atom stereocenters. The molecular weight excluding hydrogens is 245 g/mol.